The normalized spacial score (nSPS) is 34.4. The van der Waals surface area contributed by atoms with Crippen molar-refractivity contribution in [2.75, 3.05) is 26.9 Å². The van der Waals surface area contributed by atoms with Gasteiger partial charge in [-0.3, -0.25) is 9.59 Å². The van der Waals surface area contributed by atoms with Gasteiger partial charge >= 0.3 is 5.97 Å². The number of hydrogen-bond acceptors (Lipinski definition) is 4. The number of carboxylic acid groups (broad SMARTS) is 1. The molecular weight excluding hydrogens is 250 g/mol. The Bertz CT molecular complexity index is 351. The molecule has 19 heavy (non-hydrogen) atoms. The second-order valence-corrected chi connectivity index (χ2v) is 5.39. The lowest BCUT2D eigenvalue weighted by atomic mass is 9.94. The molecule has 6 nitrogen and oxygen atoms in total. The van der Waals surface area contributed by atoms with Crippen molar-refractivity contribution in [3.8, 4) is 0 Å². The Morgan fingerprint density at radius 3 is 2.74 bits per heavy atom. The first-order chi connectivity index (χ1) is 9.08. The van der Waals surface area contributed by atoms with Crippen LogP contribution >= 0.6 is 0 Å². The third kappa shape index (κ3) is 3.06. The van der Waals surface area contributed by atoms with Crippen molar-refractivity contribution in [2.24, 2.45) is 11.8 Å². The zero-order chi connectivity index (χ0) is 13.9. The summed E-state index contributed by atoms with van der Waals surface area (Å²) in [5.41, 5.74) is -0.451. The molecule has 1 saturated carbocycles. The molecule has 2 N–H and O–H groups in total. The van der Waals surface area contributed by atoms with E-state index in [1.165, 1.54) is 0 Å². The lowest BCUT2D eigenvalue weighted by Crippen LogP contribution is -2.47. The summed E-state index contributed by atoms with van der Waals surface area (Å²) in [7, 11) is 1.61. The van der Waals surface area contributed by atoms with E-state index in [9.17, 15) is 9.59 Å². The van der Waals surface area contributed by atoms with Crippen molar-refractivity contribution in [3.05, 3.63) is 0 Å². The summed E-state index contributed by atoms with van der Waals surface area (Å²) < 4.78 is 10.7. The predicted octanol–water partition coefficient (Wildman–Crippen LogP) is 0.409. The van der Waals surface area contributed by atoms with Crippen LogP contribution in [-0.4, -0.2) is 49.5 Å². The molecular formula is C13H21NO5. The van der Waals surface area contributed by atoms with E-state index in [1.807, 2.05) is 0 Å². The Kier molecular flexibility index (Phi) is 4.42. The summed E-state index contributed by atoms with van der Waals surface area (Å²) in [6, 6.07) is 0. The number of nitrogens with one attached hydrogen (secondary N) is 1. The van der Waals surface area contributed by atoms with Gasteiger partial charge in [-0.05, 0) is 12.8 Å². The van der Waals surface area contributed by atoms with Crippen LogP contribution in [0, 0.1) is 11.8 Å². The molecule has 0 aromatic rings. The van der Waals surface area contributed by atoms with E-state index in [1.54, 1.807) is 7.11 Å². The molecule has 0 bridgehead atoms. The van der Waals surface area contributed by atoms with Gasteiger partial charge in [0, 0.05) is 26.7 Å². The number of amides is 1. The number of rotatable bonds is 5. The van der Waals surface area contributed by atoms with E-state index in [2.05, 4.69) is 5.32 Å². The lowest BCUT2D eigenvalue weighted by molar-refractivity contribution is -0.146. The molecule has 0 radical (unpaired) electrons. The number of carboxylic acids is 1. The standard InChI is InChI=1S/C13H21NO5/c1-18-13(5-6-19-8-13)7-14-11(15)9-3-2-4-10(9)12(16)17/h9-10H,2-8H2,1H3,(H,14,15)(H,16,17). The van der Waals surface area contributed by atoms with Crippen molar-refractivity contribution in [2.45, 2.75) is 31.3 Å². The van der Waals surface area contributed by atoms with Crippen molar-refractivity contribution < 1.29 is 24.2 Å². The topological polar surface area (TPSA) is 84.9 Å². The van der Waals surface area contributed by atoms with E-state index in [4.69, 9.17) is 14.6 Å². The Balaban J connectivity index is 1.88. The second-order valence-electron chi connectivity index (χ2n) is 5.39. The molecule has 0 aromatic heterocycles. The number of ether oxygens (including phenoxy) is 2. The van der Waals surface area contributed by atoms with Crippen molar-refractivity contribution >= 4 is 11.9 Å². The smallest absolute Gasteiger partial charge is 0.307 e. The molecule has 0 aromatic carbocycles. The monoisotopic (exact) mass is 271 g/mol. The molecule has 0 spiro atoms. The molecule has 108 valence electrons. The first-order valence-electron chi connectivity index (χ1n) is 6.71. The van der Waals surface area contributed by atoms with Crippen molar-refractivity contribution in [1.82, 2.24) is 5.32 Å². The summed E-state index contributed by atoms with van der Waals surface area (Å²) in [5, 5.41) is 11.9. The van der Waals surface area contributed by atoms with Crippen molar-refractivity contribution in [3.63, 3.8) is 0 Å². The minimum absolute atomic E-state index is 0.173. The van der Waals surface area contributed by atoms with Crippen LogP contribution in [0.15, 0.2) is 0 Å². The highest BCUT2D eigenvalue weighted by Gasteiger charge is 2.40. The molecule has 2 rings (SSSR count). The van der Waals surface area contributed by atoms with Gasteiger partial charge in [0.15, 0.2) is 0 Å². The number of carbonyl (C=O) groups is 2. The molecule has 2 aliphatic rings. The fraction of sp³-hybridized carbons (Fsp3) is 0.846. The first-order valence-corrected chi connectivity index (χ1v) is 6.71. The molecule has 2 fully saturated rings. The Labute approximate surface area is 112 Å². The number of aliphatic carboxylic acids is 1. The van der Waals surface area contributed by atoms with E-state index in [0.717, 1.165) is 12.8 Å². The predicted molar refractivity (Wildman–Crippen MR) is 66.7 cm³/mol. The van der Waals surface area contributed by atoms with Gasteiger partial charge in [-0.25, -0.2) is 0 Å². The maximum absolute atomic E-state index is 12.1. The van der Waals surface area contributed by atoms with Crippen LogP contribution in [0.2, 0.25) is 0 Å². The third-order valence-electron chi connectivity index (χ3n) is 4.25. The molecule has 3 atom stereocenters. The van der Waals surface area contributed by atoms with Crippen molar-refractivity contribution in [1.29, 1.82) is 0 Å². The van der Waals surface area contributed by atoms with Crippen LogP contribution in [0.4, 0.5) is 0 Å². The van der Waals surface area contributed by atoms with Gasteiger partial charge in [0.2, 0.25) is 5.91 Å². The number of methoxy groups -OCH3 is 1. The van der Waals surface area contributed by atoms with Gasteiger partial charge in [0.25, 0.3) is 0 Å². The van der Waals surface area contributed by atoms with Gasteiger partial charge < -0.3 is 19.9 Å². The maximum Gasteiger partial charge on any atom is 0.307 e. The Morgan fingerprint density at radius 1 is 1.42 bits per heavy atom. The number of carbonyl (C=O) groups excluding carboxylic acids is 1. The summed E-state index contributed by atoms with van der Waals surface area (Å²) in [4.78, 5) is 23.2. The molecule has 3 unspecified atom stereocenters. The Hall–Kier alpha value is -1.14. The van der Waals surface area contributed by atoms with E-state index in [-0.39, 0.29) is 5.91 Å². The SMILES string of the molecule is COC1(CNC(=O)C2CCCC2C(=O)O)CCOC1. The van der Waals surface area contributed by atoms with Crippen LogP contribution in [-0.2, 0) is 19.1 Å². The van der Waals surface area contributed by atoms with Gasteiger partial charge in [0.1, 0.15) is 5.60 Å². The number of hydrogen-bond donors (Lipinski definition) is 2. The highest BCUT2D eigenvalue weighted by atomic mass is 16.5. The van der Waals surface area contributed by atoms with Crippen LogP contribution in [0.3, 0.4) is 0 Å². The molecule has 1 saturated heterocycles. The van der Waals surface area contributed by atoms with Crippen LogP contribution in [0.5, 0.6) is 0 Å². The minimum Gasteiger partial charge on any atom is -0.481 e. The maximum atomic E-state index is 12.1. The fourth-order valence-corrected chi connectivity index (χ4v) is 2.91. The van der Waals surface area contributed by atoms with Gasteiger partial charge in [-0.2, -0.15) is 0 Å². The third-order valence-corrected chi connectivity index (χ3v) is 4.25. The summed E-state index contributed by atoms with van der Waals surface area (Å²) in [6.45, 7) is 1.48. The quantitative estimate of drug-likeness (QED) is 0.756. The van der Waals surface area contributed by atoms with E-state index < -0.39 is 23.4 Å². The summed E-state index contributed by atoms with van der Waals surface area (Å²) in [5.74, 6) is -2.00. The average Bonchev–Trinajstić information content (AvgIpc) is 3.05. The second kappa shape index (κ2) is 5.88. The van der Waals surface area contributed by atoms with E-state index >= 15 is 0 Å². The molecule has 1 aliphatic heterocycles. The fourth-order valence-electron chi connectivity index (χ4n) is 2.91. The van der Waals surface area contributed by atoms with Gasteiger partial charge in [-0.15, -0.1) is 0 Å². The zero-order valence-electron chi connectivity index (χ0n) is 11.2. The molecule has 1 heterocycles. The summed E-state index contributed by atoms with van der Waals surface area (Å²) in [6.07, 6.45) is 2.79. The van der Waals surface area contributed by atoms with Gasteiger partial charge in [0.05, 0.1) is 18.4 Å². The largest absolute Gasteiger partial charge is 0.481 e. The highest BCUT2D eigenvalue weighted by Crippen LogP contribution is 2.32. The average molecular weight is 271 g/mol. The highest BCUT2D eigenvalue weighted by molar-refractivity contribution is 5.85. The summed E-state index contributed by atoms with van der Waals surface area (Å²) >= 11 is 0. The van der Waals surface area contributed by atoms with Crippen LogP contribution in [0.1, 0.15) is 25.7 Å². The van der Waals surface area contributed by atoms with E-state index in [0.29, 0.717) is 32.6 Å². The first kappa shape index (κ1) is 14.3. The molecule has 1 aliphatic carbocycles. The minimum atomic E-state index is -0.872. The molecule has 6 heteroatoms. The molecule has 1 amide bonds. The van der Waals surface area contributed by atoms with Crippen LogP contribution < -0.4 is 5.32 Å². The van der Waals surface area contributed by atoms with Gasteiger partial charge in [-0.1, -0.05) is 6.42 Å². The Morgan fingerprint density at radius 2 is 2.16 bits per heavy atom. The van der Waals surface area contributed by atoms with Crippen LogP contribution in [0.25, 0.3) is 0 Å². The lowest BCUT2D eigenvalue weighted by Gasteiger charge is -2.27. The zero-order valence-corrected chi connectivity index (χ0v) is 11.2.